The smallest absolute Gasteiger partial charge is 0.128 e. The van der Waals surface area contributed by atoms with Crippen LogP contribution in [0.4, 0.5) is 0 Å². The summed E-state index contributed by atoms with van der Waals surface area (Å²) in [6.07, 6.45) is 15.7. The van der Waals surface area contributed by atoms with Crippen LogP contribution in [-0.2, 0) is 0 Å². The molecule has 0 unspecified atom stereocenters. The molecule has 0 aliphatic heterocycles. The van der Waals surface area contributed by atoms with Crippen molar-refractivity contribution in [2.45, 2.75) is 64.2 Å². The number of rotatable bonds is 16. The molecule has 2 aromatic rings. The molecule has 0 saturated heterocycles. The largest absolute Gasteiger partial charge is 0.507 e. The van der Waals surface area contributed by atoms with Crippen LogP contribution >= 0.6 is 11.6 Å². The molecule has 180 valence electrons. The van der Waals surface area contributed by atoms with Crippen LogP contribution in [0.2, 0.25) is 5.02 Å². The van der Waals surface area contributed by atoms with Gasteiger partial charge in [0, 0.05) is 47.7 Å². The maximum absolute atomic E-state index is 9.91. The molecular formula is C27H37ClN2O3. The van der Waals surface area contributed by atoms with Gasteiger partial charge in [-0.05, 0) is 43.2 Å². The Kier molecular flexibility index (Phi) is 13.1. The van der Waals surface area contributed by atoms with Gasteiger partial charge >= 0.3 is 0 Å². The van der Waals surface area contributed by atoms with Crippen LogP contribution < -0.4 is 4.74 Å². The number of benzene rings is 2. The lowest BCUT2D eigenvalue weighted by Crippen LogP contribution is -1.89. The topological polar surface area (TPSA) is 74.4 Å². The summed E-state index contributed by atoms with van der Waals surface area (Å²) in [4.78, 5) is 8.81. The zero-order valence-electron chi connectivity index (χ0n) is 19.7. The number of phenols is 2. The quantitative estimate of drug-likeness (QED) is 0.200. The molecule has 0 radical (unpaired) electrons. The average Bonchev–Trinajstić information content (AvgIpc) is 2.80. The van der Waals surface area contributed by atoms with Crippen LogP contribution in [0.3, 0.4) is 0 Å². The highest BCUT2D eigenvalue weighted by Gasteiger charge is 2.00. The standard InChI is InChI=1S/C27H37ClN2O3/c1-33-25-15-13-23(27(32)19-25)21-30-17-11-9-7-5-3-2-4-6-8-10-16-29-20-22-12-14-24(28)18-26(22)31/h12-15,18-21,31-32H,2-11,16-17H2,1H3. The van der Waals surface area contributed by atoms with Crippen molar-refractivity contribution in [3.8, 4) is 17.2 Å². The molecule has 0 amide bonds. The van der Waals surface area contributed by atoms with Gasteiger partial charge in [-0.1, -0.05) is 63.0 Å². The molecular weight excluding hydrogens is 436 g/mol. The number of aromatic hydroxyl groups is 2. The number of unbranched alkanes of at least 4 members (excludes halogenated alkanes) is 9. The molecule has 0 aliphatic carbocycles. The SMILES string of the molecule is COc1ccc(C=NCCCCCCCCCCCCN=Cc2ccc(Cl)cc2O)c(O)c1. The van der Waals surface area contributed by atoms with E-state index in [1.54, 1.807) is 37.7 Å². The fourth-order valence-electron chi connectivity index (χ4n) is 3.53. The summed E-state index contributed by atoms with van der Waals surface area (Å²) >= 11 is 5.83. The van der Waals surface area contributed by atoms with Gasteiger partial charge in [0.2, 0.25) is 0 Å². The molecule has 5 nitrogen and oxygen atoms in total. The molecule has 0 saturated carbocycles. The first-order valence-electron chi connectivity index (χ1n) is 12.0. The van der Waals surface area contributed by atoms with Gasteiger partial charge in [0.15, 0.2) is 0 Å². The van der Waals surface area contributed by atoms with Crippen LogP contribution in [0.25, 0.3) is 0 Å². The Morgan fingerprint density at radius 1 is 0.697 bits per heavy atom. The highest BCUT2D eigenvalue weighted by Crippen LogP contribution is 2.22. The van der Waals surface area contributed by atoms with Crippen LogP contribution in [0, 0.1) is 0 Å². The molecule has 2 N–H and O–H groups in total. The first-order valence-corrected chi connectivity index (χ1v) is 12.3. The molecule has 6 heteroatoms. The highest BCUT2D eigenvalue weighted by atomic mass is 35.5. The van der Waals surface area contributed by atoms with Crippen molar-refractivity contribution in [2.75, 3.05) is 20.2 Å². The minimum atomic E-state index is 0.174. The molecule has 0 heterocycles. The van der Waals surface area contributed by atoms with Crippen molar-refractivity contribution < 1.29 is 14.9 Å². The fraction of sp³-hybridized carbons (Fsp3) is 0.481. The molecule has 0 aliphatic rings. The Morgan fingerprint density at radius 2 is 1.15 bits per heavy atom. The zero-order valence-corrected chi connectivity index (χ0v) is 20.4. The Morgan fingerprint density at radius 3 is 1.61 bits per heavy atom. The Hall–Kier alpha value is -2.53. The molecule has 0 fully saturated rings. The molecule has 0 bridgehead atoms. The highest BCUT2D eigenvalue weighted by molar-refractivity contribution is 6.30. The number of hydrogen-bond acceptors (Lipinski definition) is 5. The van der Waals surface area contributed by atoms with Crippen LogP contribution in [0.1, 0.15) is 75.3 Å². The van der Waals surface area contributed by atoms with E-state index < -0.39 is 0 Å². The summed E-state index contributed by atoms with van der Waals surface area (Å²) < 4.78 is 5.08. The maximum Gasteiger partial charge on any atom is 0.128 e. The molecule has 0 spiro atoms. The lowest BCUT2D eigenvalue weighted by Gasteiger charge is -2.03. The fourth-order valence-corrected chi connectivity index (χ4v) is 3.70. The van der Waals surface area contributed by atoms with Crippen molar-refractivity contribution >= 4 is 24.0 Å². The molecule has 33 heavy (non-hydrogen) atoms. The van der Waals surface area contributed by atoms with Gasteiger partial charge in [0.05, 0.1) is 7.11 Å². The van der Waals surface area contributed by atoms with Gasteiger partial charge in [-0.15, -0.1) is 0 Å². The molecule has 2 rings (SSSR count). The number of nitrogens with zero attached hydrogens (tertiary/aromatic N) is 2. The summed E-state index contributed by atoms with van der Waals surface area (Å²) in [7, 11) is 1.58. The van der Waals surface area contributed by atoms with E-state index in [4.69, 9.17) is 16.3 Å². The van der Waals surface area contributed by atoms with Crippen molar-refractivity contribution in [3.05, 3.63) is 52.5 Å². The summed E-state index contributed by atoms with van der Waals surface area (Å²) in [5.41, 5.74) is 1.44. The van der Waals surface area contributed by atoms with E-state index in [0.29, 0.717) is 16.3 Å². The van der Waals surface area contributed by atoms with E-state index in [9.17, 15) is 10.2 Å². The lowest BCUT2D eigenvalue weighted by atomic mass is 10.1. The summed E-state index contributed by atoms with van der Waals surface area (Å²) in [5.74, 6) is 1.02. The van der Waals surface area contributed by atoms with Crippen LogP contribution in [0.5, 0.6) is 17.2 Å². The third-order valence-corrected chi connectivity index (χ3v) is 5.75. The Balaban J connectivity index is 1.39. The number of hydrogen-bond donors (Lipinski definition) is 2. The van der Waals surface area contributed by atoms with Gasteiger partial charge < -0.3 is 14.9 Å². The van der Waals surface area contributed by atoms with Crippen LogP contribution in [0.15, 0.2) is 46.4 Å². The van der Waals surface area contributed by atoms with E-state index in [0.717, 1.165) is 31.5 Å². The van der Waals surface area contributed by atoms with Gasteiger partial charge in [0.1, 0.15) is 17.2 Å². The van der Waals surface area contributed by atoms with E-state index in [1.165, 1.54) is 57.4 Å². The third-order valence-electron chi connectivity index (χ3n) is 5.52. The first kappa shape index (κ1) is 26.7. The summed E-state index contributed by atoms with van der Waals surface area (Å²) in [6, 6.07) is 10.3. The molecule has 0 atom stereocenters. The first-order chi connectivity index (χ1) is 16.1. The lowest BCUT2D eigenvalue weighted by molar-refractivity contribution is 0.407. The zero-order chi connectivity index (χ0) is 23.7. The minimum Gasteiger partial charge on any atom is -0.507 e. The van der Waals surface area contributed by atoms with E-state index in [2.05, 4.69) is 9.98 Å². The second-order valence-electron chi connectivity index (χ2n) is 8.23. The number of ether oxygens (including phenoxy) is 1. The summed E-state index contributed by atoms with van der Waals surface area (Å²) in [6.45, 7) is 1.59. The van der Waals surface area contributed by atoms with Crippen LogP contribution in [-0.4, -0.2) is 42.8 Å². The van der Waals surface area contributed by atoms with Gasteiger partial charge in [0.25, 0.3) is 0 Å². The second kappa shape index (κ2) is 16.1. The third kappa shape index (κ3) is 11.2. The maximum atomic E-state index is 9.91. The van der Waals surface area contributed by atoms with Crippen molar-refractivity contribution in [3.63, 3.8) is 0 Å². The molecule has 0 aromatic heterocycles. The van der Waals surface area contributed by atoms with Gasteiger partial charge in [-0.25, -0.2) is 0 Å². The average molecular weight is 473 g/mol. The van der Waals surface area contributed by atoms with E-state index >= 15 is 0 Å². The number of aliphatic imine (C=N–C) groups is 2. The Bertz CT molecular complexity index is 884. The monoisotopic (exact) mass is 472 g/mol. The number of halogens is 1. The number of methoxy groups -OCH3 is 1. The predicted octanol–water partition coefficient (Wildman–Crippen LogP) is 7.20. The summed E-state index contributed by atoms with van der Waals surface area (Å²) in [5, 5.41) is 20.2. The van der Waals surface area contributed by atoms with Crippen molar-refractivity contribution in [1.82, 2.24) is 0 Å². The normalized spacial score (nSPS) is 11.6. The number of phenolic OH excluding ortho intramolecular Hbond substituents is 2. The van der Waals surface area contributed by atoms with Crippen molar-refractivity contribution in [1.29, 1.82) is 0 Å². The Labute approximate surface area is 203 Å². The van der Waals surface area contributed by atoms with Gasteiger partial charge in [-0.2, -0.15) is 0 Å². The second-order valence-corrected chi connectivity index (χ2v) is 8.67. The van der Waals surface area contributed by atoms with Gasteiger partial charge in [-0.3, -0.25) is 9.98 Å². The predicted molar refractivity (Wildman–Crippen MR) is 139 cm³/mol. The molecule has 2 aromatic carbocycles. The van der Waals surface area contributed by atoms with E-state index in [1.807, 2.05) is 12.1 Å². The van der Waals surface area contributed by atoms with E-state index in [-0.39, 0.29) is 11.5 Å². The minimum absolute atomic E-state index is 0.174. The van der Waals surface area contributed by atoms with Crippen molar-refractivity contribution in [2.24, 2.45) is 9.98 Å².